The molecule has 0 spiro atoms. The normalized spacial score (nSPS) is 10.5. The van der Waals surface area contributed by atoms with Gasteiger partial charge in [0.25, 0.3) is 23.6 Å². The Labute approximate surface area is 636 Å². The van der Waals surface area contributed by atoms with Gasteiger partial charge in [0.1, 0.15) is 6.07 Å². The van der Waals surface area contributed by atoms with Gasteiger partial charge in [-0.25, -0.2) is 0 Å². The fourth-order valence-electron chi connectivity index (χ4n) is 11.7. The molecule has 0 atom stereocenters. The average Bonchev–Trinajstić information content (AvgIpc) is 1.65. The number of aryl methyl sites for hydroxylation is 1. The van der Waals surface area contributed by atoms with Crippen molar-refractivity contribution < 1.29 is 19.2 Å². The molecule has 5 heterocycles. The summed E-state index contributed by atoms with van der Waals surface area (Å²) < 4.78 is 7.46. The number of rotatable bonds is 19. The molecule has 22 heteroatoms. The Morgan fingerprint density at radius 2 is 0.845 bits per heavy atom. The number of carbonyl (C=O) groups excluding carboxylic acids is 4. The van der Waals surface area contributed by atoms with Gasteiger partial charge in [-0.1, -0.05) is 158 Å². The molecule has 544 valence electrons. The second kappa shape index (κ2) is 36.0. The van der Waals surface area contributed by atoms with Crippen molar-refractivity contribution in [2.24, 2.45) is 0 Å². The maximum Gasteiger partial charge on any atom is 0.255 e. The number of hydrogen-bond donors (Lipinski definition) is 8. The topological polar surface area (TPSA) is 328 Å². The smallest absolute Gasteiger partial charge is 0.255 e. The van der Waals surface area contributed by atoms with Gasteiger partial charge in [0.2, 0.25) is 0 Å². The highest BCUT2D eigenvalue weighted by molar-refractivity contribution is 6.08. The summed E-state index contributed by atoms with van der Waals surface area (Å²) in [5.74, 6) is -0.776. The van der Waals surface area contributed by atoms with E-state index >= 15 is 0 Å². The van der Waals surface area contributed by atoms with E-state index in [0.29, 0.717) is 99.6 Å². The summed E-state index contributed by atoms with van der Waals surface area (Å²) in [6.45, 7) is 6.51. The van der Waals surface area contributed by atoms with Gasteiger partial charge in [-0.15, -0.1) is 0 Å². The van der Waals surface area contributed by atoms with E-state index in [1.54, 1.807) is 102 Å². The van der Waals surface area contributed by atoms with Crippen LogP contribution in [0.2, 0.25) is 0 Å². The molecule has 4 amide bonds. The first-order valence-corrected chi connectivity index (χ1v) is 35.1. The largest absolute Gasteiger partial charge is 0.397 e. The van der Waals surface area contributed by atoms with Crippen molar-refractivity contribution in [2.75, 3.05) is 44.2 Å². The van der Waals surface area contributed by atoms with Gasteiger partial charge in [-0.3, -0.25) is 42.9 Å². The monoisotopic (exact) mass is 1450 g/mol. The first kappa shape index (κ1) is 74.5. The van der Waals surface area contributed by atoms with E-state index in [1.807, 2.05) is 222 Å². The standard InChI is InChI=1S/C25H24N4O.C23H20N4O.C22H19N5O.C18H15N5O/c1-17-14-20(25(30)28-24-11-7-6-10-23(24)26)12-13-21(17)16-29-18(2)22(15-27-29)19-8-4-3-5-9-19;24-21-8-4-5-9-22(21)26-23(28)19-12-10-17(11-13-19)15-27-16-20(14-25-27)18-6-2-1-3-7-18;23-18-5-1-2-6-19(18)26-22(28)17-10-8-16(9-11-17)15-27-21(12-14-25-27)20-7-3-4-13-24-20;19-11-15-9-10-23(22-15)12-13-5-7-14(8-6-13)18(24)21-17-4-2-1-3-16(17)20/h3-15H,16,26H2,1-2H3,(H,28,30);1-14,16H,15,24H2,(H,26,28);1-14H,15,23H2,(H,26,28);1-10H,12,20H2,(H,21,24). The number of nitrogens with one attached hydrogen (secondary N) is 4. The summed E-state index contributed by atoms with van der Waals surface area (Å²) in [5, 5.41) is 37.6. The van der Waals surface area contributed by atoms with E-state index in [0.717, 1.165) is 67.2 Å². The molecular formula is C88H78N18O4. The summed E-state index contributed by atoms with van der Waals surface area (Å²) in [6, 6.07) is 88.4. The molecule has 0 saturated heterocycles. The number of para-hydroxylation sites is 8. The van der Waals surface area contributed by atoms with Gasteiger partial charge in [0.05, 0.1) is 95.5 Å². The van der Waals surface area contributed by atoms with Crippen LogP contribution in [-0.4, -0.2) is 67.7 Å². The molecule has 10 aromatic carbocycles. The fraction of sp³-hybridized carbons (Fsp3) is 0.0682. The summed E-state index contributed by atoms with van der Waals surface area (Å²) >= 11 is 0. The van der Waals surface area contributed by atoms with E-state index in [1.165, 1.54) is 0 Å². The molecule has 0 aliphatic rings. The minimum absolute atomic E-state index is 0.177. The lowest BCUT2D eigenvalue weighted by Crippen LogP contribution is -2.14. The van der Waals surface area contributed by atoms with Crippen LogP contribution >= 0.6 is 0 Å². The second-order valence-electron chi connectivity index (χ2n) is 25.5. The number of nitrogens with zero attached hydrogens (tertiary/aromatic N) is 10. The van der Waals surface area contributed by atoms with Crippen LogP contribution in [0.4, 0.5) is 45.5 Å². The number of hydrogen-bond acceptors (Lipinski definition) is 14. The number of benzene rings is 10. The van der Waals surface area contributed by atoms with E-state index in [-0.39, 0.29) is 23.6 Å². The third kappa shape index (κ3) is 19.8. The summed E-state index contributed by atoms with van der Waals surface area (Å²) in [4.78, 5) is 54.1. The lowest BCUT2D eigenvalue weighted by atomic mass is 10.0. The first-order valence-electron chi connectivity index (χ1n) is 35.1. The molecule has 0 aliphatic carbocycles. The Kier molecular flexibility index (Phi) is 24.4. The van der Waals surface area contributed by atoms with Crippen LogP contribution in [0.15, 0.2) is 316 Å². The van der Waals surface area contributed by atoms with Crippen LogP contribution in [-0.2, 0) is 26.2 Å². The third-order valence-electron chi connectivity index (χ3n) is 17.8. The second-order valence-corrected chi connectivity index (χ2v) is 25.5. The Morgan fingerprint density at radius 3 is 1.31 bits per heavy atom. The van der Waals surface area contributed by atoms with Gasteiger partial charge in [0, 0.05) is 63.9 Å². The number of nitrogens with two attached hydrogens (primary N) is 4. The summed E-state index contributed by atoms with van der Waals surface area (Å²) in [5.41, 5.74) is 43.4. The Bertz CT molecular complexity index is 5670. The number of pyridine rings is 1. The first-order chi connectivity index (χ1) is 53.6. The van der Waals surface area contributed by atoms with E-state index in [2.05, 4.69) is 77.8 Å². The zero-order valence-corrected chi connectivity index (χ0v) is 60.3. The van der Waals surface area contributed by atoms with Crippen LogP contribution < -0.4 is 44.2 Å². The molecular weight excluding hydrogens is 1370 g/mol. The number of anilines is 8. The maximum absolute atomic E-state index is 12.6. The Hall–Kier alpha value is -15.2. The molecule has 0 fully saturated rings. The minimum Gasteiger partial charge on any atom is -0.397 e. The van der Waals surface area contributed by atoms with Crippen molar-refractivity contribution in [1.82, 2.24) is 44.1 Å². The highest BCUT2D eigenvalue weighted by Crippen LogP contribution is 2.27. The van der Waals surface area contributed by atoms with Gasteiger partial charge >= 0.3 is 0 Å². The molecule has 0 unspecified atom stereocenters. The van der Waals surface area contributed by atoms with Gasteiger partial charge < -0.3 is 44.2 Å². The average molecular weight is 1450 g/mol. The minimum atomic E-state index is -0.217. The number of nitriles is 1. The Balaban J connectivity index is 0.000000137. The summed E-state index contributed by atoms with van der Waals surface area (Å²) in [6.07, 6.45) is 11.1. The van der Waals surface area contributed by atoms with Crippen molar-refractivity contribution in [3.63, 3.8) is 0 Å². The highest BCUT2D eigenvalue weighted by atomic mass is 16.2. The fourth-order valence-corrected chi connectivity index (χ4v) is 11.7. The van der Waals surface area contributed by atoms with Crippen molar-refractivity contribution in [3.8, 4) is 39.7 Å². The van der Waals surface area contributed by atoms with Gasteiger partial charge in [-0.2, -0.15) is 25.7 Å². The molecule has 0 aliphatic heterocycles. The molecule has 12 N–H and O–H groups in total. The van der Waals surface area contributed by atoms with Crippen molar-refractivity contribution in [2.45, 2.75) is 40.0 Å². The molecule has 22 nitrogen and oxygen atoms in total. The van der Waals surface area contributed by atoms with E-state index < -0.39 is 0 Å². The van der Waals surface area contributed by atoms with Crippen LogP contribution in [0.1, 0.15) is 80.6 Å². The van der Waals surface area contributed by atoms with Crippen LogP contribution in [0.25, 0.3) is 33.6 Å². The number of nitrogen functional groups attached to an aromatic ring is 4. The molecule has 5 aromatic heterocycles. The highest BCUT2D eigenvalue weighted by Gasteiger charge is 2.17. The van der Waals surface area contributed by atoms with Crippen molar-refractivity contribution in [1.29, 1.82) is 5.26 Å². The lowest BCUT2D eigenvalue weighted by Gasteiger charge is -2.12. The van der Waals surface area contributed by atoms with E-state index in [9.17, 15) is 19.2 Å². The zero-order valence-electron chi connectivity index (χ0n) is 60.3. The van der Waals surface area contributed by atoms with Gasteiger partial charge in [0.15, 0.2) is 5.69 Å². The van der Waals surface area contributed by atoms with Crippen LogP contribution in [0.3, 0.4) is 0 Å². The third-order valence-corrected chi connectivity index (χ3v) is 17.8. The molecule has 0 saturated carbocycles. The lowest BCUT2D eigenvalue weighted by molar-refractivity contribution is 0.101. The Morgan fingerprint density at radius 1 is 0.400 bits per heavy atom. The molecule has 0 bridgehead atoms. The zero-order chi connectivity index (χ0) is 76.7. The molecule has 15 rings (SSSR count). The molecule has 15 aromatic rings. The quantitative estimate of drug-likeness (QED) is 0.0349. The maximum atomic E-state index is 12.6. The van der Waals surface area contributed by atoms with Crippen LogP contribution in [0.5, 0.6) is 0 Å². The number of amides is 4. The van der Waals surface area contributed by atoms with Crippen LogP contribution in [0, 0.1) is 25.2 Å². The van der Waals surface area contributed by atoms with Crippen molar-refractivity contribution in [3.05, 3.63) is 378 Å². The number of aromatic nitrogens is 9. The molecule has 110 heavy (non-hydrogen) atoms. The molecule has 0 radical (unpaired) electrons. The van der Waals surface area contributed by atoms with E-state index in [4.69, 9.17) is 28.2 Å². The predicted octanol–water partition coefficient (Wildman–Crippen LogP) is 15.9. The summed E-state index contributed by atoms with van der Waals surface area (Å²) in [7, 11) is 0. The SMILES string of the molecule is Cc1cc(C(=O)Nc2ccccc2N)ccc1Cn1ncc(-c2ccccc2)c1C.N#Cc1ccn(Cc2ccc(C(=O)Nc3ccccc3N)cc2)n1.Nc1ccccc1NC(=O)c1ccc(Cn2cc(-c3ccccc3)cn2)cc1.Nc1ccccc1NC(=O)c1ccc(Cn2nccc2-c2ccccn2)cc1. The number of carbonyl (C=O) groups is 4. The predicted molar refractivity (Wildman–Crippen MR) is 435 cm³/mol. The van der Waals surface area contributed by atoms with Gasteiger partial charge in [-0.05, 0) is 174 Å². The van der Waals surface area contributed by atoms with Crippen molar-refractivity contribution >= 4 is 69.1 Å².